The maximum Gasteiger partial charge on any atom is 0.186 e. The summed E-state index contributed by atoms with van der Waals surface area (Å²) in [7, 11) is 0. The zero-order valence-electron chi connectivity index (χ0n) is 11.1. The molecule has 5 heteroatoms. The lowest BCUT2D eigenvalue weighted by Crippen LogP contribution is -2.33. The highest BCUT2D eigenvalue weighted by atomic mass is 32.1. The van der Waals surface area contributed by atoms with E-state index in [2.05, 4.69) is 34.1 Å². The summed E-state index contributed by atoms with van der Waals surface area (Å²) in [5.74, 6) is 0. The predicted molar refractivity (Wildman–Crippen MR) is 81.9 cm³/mol. The van der Waals surface area contributed by atoms with Crippen molar-refractivity contribution in [2.75, 3.05) is 44.2 Å². The summed E-state index contributed by atoms with van der Waals surface area (Å²) in [6.45, 7) is 6.15. The smallest absolute Gasteiger partial charge is 0.186 e. The van der Waals surface area contributed by atoms with Gasteiger partial charge in [-0.2, -0.15) is 0 Å². The van der Waals surface area contributed by atoms with Gasteiger partial charge in [-0.1, -0.05) is 23.5 Å². The number of hydrogen-bond donors (Lipinski definition) is 1. The molecule has 0 amide bonds. The van der Waals surface area contributed by atoms with Gasteiger partial charge in [-0.3, -0.25) is 0 Å². The van der Waals surface area contributed by atoms with Gasteiger partial charge in [-0.25, -0.2) is 4.98 Å². The number of hydrogen-bond acceptors (Lipinski definition) is 5. The number of para-hydroxylation sites is 1. The minimum absolute atomic E-state index is 0.751. The first kappa shape index (κ1) is 12.8. The number of thiazole rings is 1. The van der Waals surface area contributed by atoms with Crippen molar-refractivity contribution in [1.82, 2.24) is 9.88 Å². The summed E-state index contributed by atoms with van der Waals surface area (Å²) in [4.78, 5) is 9.62. The molecule has 1 fully saturated rings. The molecule has 2 N–H and O–H groups in total. The third-order valence-electron chi connectivity index (χ3n) is 3.59. The molecule has 2 heterocycles. The number of fused-ring (bicyclic) bond motifs is 1. The van der Waals surface area contributed by atoms with Crippen molar-refractivity contribution in [1.29, 1.82) is 0 Å². The van der Waals surface area contributed by atoms with E-state index in [1.807, 2.05) is 0 Å². The third kappa shape index (κ3) is 2.88. The molecule has 3 rings (SSSR count). The van der Waals surface area contributed by atoms with Crippen molar-refractivity contribution >= 4 is 26.7 Å². The van der Waals surface area contributed by atoms with E-state index >= 15 is 0 Å². The van der Waals surface area contributed by atoms with Gasteiger partial charge in [0.25, 0.3) is 0 Å². The standard InChI is InChI=1S/C14H20N4S/c15-6-9-17-7-3-8-18(11-10-17)14-16-12-4-1-2-5-13(12)19-14/h1-2,4-5H,3,6-11,15H2. The second-order valence-electron chi connectivity index (χ2n) is 4.94. The topological polar surface area (TPSA) is 45.4 Å². The van der Waals surface area contributed by atoms with E-state index in [-0.39, 0.29) is 0 Å². The van der Waals surface area contributed by atoms with Gasteiger partial charge in [-0.15, -0.1) is 0 Å². The monoisotopic (exact) mass is 276 g/mol. The molecule has 1 aromatic heterocycles. The Morgan fingerprint density at radius 3 is 2.89 bits per heavy atom. The Balaban J connectivity index is 1.74. The quantitative estimate of drug-likeness (QED) is 0.928. The van der Waals surface area contributed by atoms with Gasteiger partial charge in [0.1, 0.15) is 0 Å². The number of nitrogens with zero attached hydrogens (tertiary/aromatic N) is 3. The zero-order chi connectivity index (χ0) is 13.1. The van der Waals surface area contributed by atoms with Crippen LogP contribution >= 0.6 is 11.3 Å². The van der Waals surface area contributed by atoms with Crippen molar-refractivity contribution in [3.05, 3.63) is 24.3 Å². The zero-order valence-corrected chi connectivity index (χ0v) is 11.9. The van der Waals surface area contributed by atoms with Gasteiger partial charge in [0.15, 0.2) is 5.13 Å². The van der Waals surface area contributed by atoms with Crippen LogP contribution in [-0.4, -0.2) is 49.2 Å². The maximum absolute atomic E-state index is 5.64. The van der Waals surface area contributed by atoms with Crippen LogP contribution in [0.25, 0.3) is 10.2 Å². The minimum Gasteiger partial charge on any atom is -0.347 e. The molecule has 0 bridgehead atoms. The molecular formula is C14H20N4S. The Bertz CT molecular complexity index is 506. The third-order valence-corrected chi connectivity index (χ3v) is 4.68. The number of anilines is 1. The van der Waals surface area contributed by atoms with Crippen LogP contribution in [0.1, 0.15) is 6.42 Å². The lowest BCUT2D eigenvalue weighted by Gasteiger charge is -2.20. The summed E-state index contributed by atoms with van der Waals surface area (Å²) in [5, 5.41) is 1.16. The molecule has 0 radical (unpaired) electrons. The molecule has 19 heavy (non-hydrogen) atoms. The lowest BCUT2D eigenvalue weighted by atomic mass is 10.3. The van der Waals surface area contributed by atoms with Crippen LogP contribution in [0.4, 0.5) is 5.13 Å². The first-order chi connectivity index (χ1) is 9.36. The fraction of sp³-hybridized carbons (Fsp3) is 0.500. The van der Waals surface area contributed by atoms with Crippen molar-refractivity contribution in [3.63, 3.8) is 0 Å². The van der Waals surface area contributed by atoms with Crippen LogP contribution < -0.4 is 10.6 Å². The maximum atomic E-state index is 5.64. The van der Waals surface area contributed by atoms with E-state index in [1.54, 1.807) is 11.3 Å². The van der Waals surface area contributed by atoms with E-state index in [0.29, 0.717) is 0 Å². The van der Waals surface area contributed by atoms with Crippen molar-refractivity contribution in [2.45, 2.75) is 6.42 Å². The van der Waals surface area contributed by atoms with Crippen molar-refractivity contribution in [2.24, 2.45) is 5.73 Å². The Morgan fingerprint density at radius 2 is 2.05 bits per heavy atom. The molecule has 102 valence electrons. The van der Waals surface area contributed by atoms with Crippen LogP contribution in [0.5, 0.6) is 0 Å². The van der Waals surface area contributed by atoms with E-state index in [4.69, 9.17) is 10.7 Å². The highest BCUT2D eigenvalue weighted by Crippen LogP contribution is 2.28. The largest absolute Gasteiger partial charge is 0.347 e. The Morgan fingerprint density at radius 1 is 1.16 bits per heavy atom. The summed E-state index contributed by atoms with van der Waals surface area (Å²) < 4.78 is 1.28. The van der Waals surface area contributed by atoms with Crippen molar-refractivity contribution < 1.29 is 0 Å². The molecule has 1 aliphatic heterocycles. The molecule has 0 saturated carbocycles. The van der Waals surface area contributed by atoms with Crippen LogP contribution in [-0.2, 0) is 0 Å². The summed E-state index contributed by atoms with van der Waals surface area (Å²) in [5.41, 5.74) is 6.76. The van der Waals surface area contributed by atoms with Gasteiger partial charge in [0.05, 0.1) is 10.2 Å². The second-order valence-corrected chi connectivity index (χ2v) is 5.94. The molecule has 0 aliphatic carbocycles. The summed E-state index contributed by atoms with van der Waals surface area (Å²) >= 11 is 1.80. The fourth-order valence-corrected chi connectivity index (χ4v) is 3.58. The van der Waals surface area contributed by atoms with Gasteiger partial charge in [-0.05, 0) is 25.1 Å². The Hall–Kier alpha value is -1.17. The minimum atomic E-state index is 0.751. The molecule has 4 nitrogen and oxygen atoms in total. The second kappa shape index (κ2) is 5.86. The molecule has 0 atom stereocenters. The van der Waals surface area contributed by atoms with E-state index < -0.39 is 0 Å². The lowest BCUT2D eigenvalue weighted by molar-refractivity contribution is 0.302. The molecule has 1 aromatic carbocycles. The van der Waals surface area contributed by atoms with Gasteiger partial charge < -0.3 is 15.5 Å². The van der Waals surface area contributed by atoms with Gasteiger partial charge in [0, 0.05) is 32.7 Å². The average molecular weight is 276 g/mol. The molecule has 1 saturated heterocycles. The highest BCUT2D eigenvalue weighted by molar-refractivity contribution is 7.22. The van der Waals surface area contributed by atoms with Crippen LogP contribution in [0.15, 0.2) is 24.3 Å². The van der Waals surface area contributed by atoms with Crippen LogP contribution in [0, 0.1) is 0 Å². The normalized spacial score (nSPS) is 17.8. The number of rotatable bonds is 3. The Kier molecular flexibility index (Phi) is 3.96. The summed E-state index contributed by atoms with van der Waals surface area (Å²) in [6.07, 6.45) is 1.19. The van der Waals surface area contributed by atoms with Crippen LogP contribution in [0.2, 0.25) is 0 Å². The average Bonchev–Trinajstić information content (AvgIpc) is 2.72. The Labute approximate surface area is 117 Å². The molecule has 1 aliphatic rings. The van der Waals surface area contributed by atoms with Gasteiger partial charge in [0.2, 0.25) is 0 Å². The molecule has 2 aromatic rings. The molecule has 0 spiro atoms. The number of aromatic nitrogens is 1. The SMILES string of the molecule is NCCN1CCCN(c2nc3ccccc3s2)CC1. The highest BCUT2D eigenvalue weighted by Gasteiger charge is 2.17. The number of benzene rings is 1. The van der Waals surface area contributed by atoms with Gasteiger partial charge >= 0.3 is 0 Å². The molecular weight excluding hydrogens is 256 g/mol. The first-order valence-electron chi connectivity index (χ1n) is 6.90. The molecule has 0 unspecified atom stereocenters. The predicted octanol–water partition coefficient (Wildman–Crippen LogP) is 1.77. The van der Waals surface area contributed by atoms with Crippen LogP contribution in [0.3, 0.4) is 0 Å². The van der Waals surface area contributed by atoms with E-state index in [9.17, 15) is 0 Å². The van der Waals surface area contributed by atoms with E-state index in [1.165, 1.54) is 11.1 Å². The summed E-state index contributed by atoms with van der Waals surface area (Å²) in [6, 6.07) is 8.37. The fourth-order valence-electron chi connectivity index (χ4n) is 2.56. The van der Waals surface area contributed by atoms with E-state index in [0.717, 1.165) is 49.9 Å². The van der Waals surface area contributed by atoms with Crippen molar-refractivity contribution in [3.8, 4) is 0 Å². The first-order valence-corrected chi connectivity index (χ1v) is 7.71. The number of nitrogens with two attached hydrogens (primary N) is 1.